The number of amides is 1. The quantitative estimate of drug-likeness (QED) is 0.374. The molecule has 0 N–H and O–H groups in total. The number of aromatic nitrogens is 3. The number of aliphatic imine (C=N–C) groups is 1. The maximum atomic E-state index is 14.8. The fraction of sp³-hybridized carbons (Fsp3) is 0.364. The molecule has 0 spiro atoms. The zero-order valence-corrected chi connectivity index (χ0v) is 18.5. The van der Waals surface area contributed by atoms with Gasteiger partial charge in [-0.3, -0.25) is 0 Å². The Kier molecular flexibility index (Phi) is 5.78. The number of likely N-dealkylation sites (tertiary alicyclic amines) is 1. The molecule has 0 radical (unpaired) electrons. The van der Waals surface area contributed by atoms with Crippen LogP contribution in [0.4, 0.5) is 32.7 Å². The highest BCUT2D eigenvalue weighted by Crippen LogP contribution is 2.31. The SMILES string of the molecule is CC(C)(C)OC(=O)N1CC/C(=N\c2nc3c(-c4ccc(F)c(F)c4F)cccn3n2)C(F)(F)C1. The van der Waals surface area contributed by atoms with Crippen molar-refractivity contribution in [3.05, 3.63) is 47.9 Å². The van der Waals surface area contributed by atoms with Crippen LogP contribution in [0.15, 0.2) is 35.5 Å². The maximum Gasteiger partial charge on any atom is 0.410 e. The number of fused-ring (bicyclic) bond motifs is 1. The smallest absolute Gasteiger partial charge is 0.410 e. The molecular formula is C22H20F5N5O2. The largest absolute Gasteiger partial charge is 0.444 e. The lowest BCUT2D eigenvalue weighted by Crippen LogP contribution is -2.52. The number of rotatable bonds is 2. The first-order valence-electron chi connectivity index (χ1n) is 10.3. The highest BCUT2D eigenvalue weighted by atomic mass is 19.3. The molecule has 1 aliphatic rings. The molecule has 12 heteroatoms. The summed E-state index contributed by atoms with van der Waals surface area (Å²) in [4.78, 5) is 21.0. The van der Waals surface area contributed by atoms with Gasteiger partial charge in [0.1, 0.15) is 5.60 Å². The molecule has 34 heavy (non-hydrogen) atoms. The Morgan fingerprint density at radius 3 is 2.53 bits per heavy atom. The van der Waals surface area contributed by atoms with Crippen LogP contribution in [0.1, 0.15) is 27.2 Å². The Labute approximate surface area is 190 Å². The molecule has 0 unspecified atom stereocenters. The second-order valence-corrected chi connectivity index (χ2v) is 8.74. The lowest BCUT2D eigenvalue weighted by molar-refractivity contribution is -0.0132. The van der Waals surface area contributed by atoms with E-state index in [1.165, 1.54) is 22.8 Å². The summed E-state index contributed by atoms with van der Waals surface area (Å²) in [7, 11) is 0. The summed E-state index contributed by atoms with van der Waals surface area (Å²) in [5, 5.41) is 4.02. The minimum absolute atomic E-state index is 0.0151. The normalized spacial score (nSPS) is 17.4. The van der Waals surface area contributed by atoms with Gasteiger partial charge in [-0.15, -0.1) is 5.10 Å². The van der Waals surface area contributed by atoms with Crippen molar-refractivity contribution >= 4 is 23.4 Å². The number of benzene rings is 1. The van der Waals surface area contributed by atoms with Crippen molar-refractivity contribution in [2.75, 3.05) is 13.1 Å². The Morgan fingerprint density at radius 1 is 1.12 bits per heavy atom. The fourth-order valence-corrected chi connectivity index (χ4v) is 3.46. The van der Waals surface area contributed by atoms with Gasteiger partial charge in [0, 0.05) is 30.3 Å². The third-order valence-electron chi connectivity index (χ3n) is 4.99. The van der Waals surface area contributed by atoms with E-state index in [-0.39, 0.29) is 35.7 Å². The van der Waals surface area contributed by atoms with E-state index in [1.54, 1.807) is 20.8 Å². The number of halogens is 5. The lowest BCUT2D eigenvalue weighted by Gasteiger charge is -2.34. The first-order valence-corrected chi connectivity index (χ1v) is 10.3. The molecule has 180 valence electrons. The molecule has 0 saturated carbocycles. The number of ether oxygens (including phenoxy) is 1. The Hall–Kier alpha value is -3.57. The summed E-state index contributed by atoms with van der Waals surface area (Å²) in [6, 6.07) is 4.69. The van der Waals surface area contributed by atoms with E-state index in [1.807, 2.05) is 0 Å². The van der Waals surface area contributed by atoms with Crippen molar-refractivity contribution in [3.8, 4) is 11.1 Å². The van der Waals surface area contributed by atoms with E-state index in [0.29, 0.717) is 0 Å². The van der Waals surface area contributed by atoms with E-state index in [2.05, 4.69) is 15.1 Å². The Balaban J connectivity index is 1.64. The first-order chi connectivity index (χ1) is 15.9. The zero-order valence-electron chi connectivity index (χ0n) is 18.5. The first kappa shape index (κ1) is 23.6. The number of hydrogen-bond donors (Lipinski definition) is 0. The molecule has 2 aromatic heterocycles. The lowest BCUT2D eigenvalue weighted by atomic mass is 10.1. The van der Waals surface area contributed by atoms with Crippen LogP contribution in [0, 0.1) is 17.5 Å². The second-order valence-electron chi connectivity index (χ2n) is 8.74. The van der Waals surface area contributed by atoms with Crippen molar-refractivity contribution in [3.63, 3.8) is 0 Å². The predicted octanol–water partition coefficient (Wildman–Crippen LogP) is 5.16. The predicted molar refractivity (Wildman–Crippen MR) is 113 cm³/mol. The zero-order chi connectivity index (χ0) is 24.8. The van der Waals surface area contributed by atoms with Crippen LogP contribution in [0.25, 0.3) is 16.8 Å². The molecule has 7 nitrogen and oxygen atoms in total. The van der Waals surface area contributed by atoms with Crippen molar-refractivity contribution in [1.82, 2.24) is 19.5 Å². The van der Waals surface area contributed by atoms with E-state index < -0.39 is 47.3 Å². The van der Waals surface area contributed by atoms with E-state index in [0.717, 1.165) is 17.0 Å². The van der Waals surface area contributed by atoms with Crippen molar-refractivity contribution in [1.29, 1.82) is 0 Å². The third-order valence-corrected chi connectivity index (χ3v) is 4.99. The fourth-order valence-electron chi connectivity index (χ4n) is 3.46. The molecule has 1 amide bonds. The Morgan fingerprint density at radius 2 is 1.85 bits per heavy atom. The summed E-state index contributed by atoms with van der Waals surface area (Å²) in [5.74, 6) is -8.18. The van der Waals surface area contributed by atoms with E-state index >= 15 is 0 Å². The van der Waals surface area contributed by atoms with Crippen molar-refractivity contribution in [2.24, 2.45) is 4.99 Å². The van der Waals surface area contributed by atoms with Crippen LogP contribution < -0.4 is 0 Å². The number of nitrogens with zero attached hydrogens (tertiary/aromatic N) is 5. The minimum Gasteiger partial charge on any atom is -0.444 e. The van der Waals surface area contributed by atoms with E-state index in [9.17, 15) is 26.7 Å². The molecule has 1 fully saturated rings. The number of pyridine rings is 1. The van der Waals surface area contributed by atoms with Gasteiger partial charge >= 0.3 is 12.0 Å². The third kappa shape index (κ3) is 4.57. The van der Waals surface area contributed by atoms with Crippen LogP contribution in [0.2, 0.25) is 0 Å². The Bertz CT molecular complexity index is 1300. The molecule has 1 saturated heterocycles. The number of piperidine rings is 1. The summed E-state index contributed by atoms with van der Waals surface area (Å²) >= 11 is 0. The molecule has 0 atom stereocenters. The van der Waals surface area contributed by atoms with Gasteiger partial charge in [0.2, 0.25) is 0 Å². The number of hydrogen-bond acceptors (Lipinski definition) is 5. The molecule has 1 aliphatic heterocycles. The molecule has 1 aromatic carbocycles. The van der Waals surface area contributed by atoms with Crippen molar-refractivity contribution < 1.29 is 31.5 Å². The number of alkyl halides is 2. The molecule has 3 heterocycles. The van der Waals surface area contributed by atoms with Gasteiger partial charge in [0.25, 0.3) is 5.95 Å². The van der Waals surface area contributed by atoms with E-state index in [4.69, 9.17) is 4.74 Å². The van der Waals surface area contributed by atoms with Crippen LogP contribution in [0.3, 0.4) is 0 Å². The van der Waals surface area contributed by atoms with Gasteiger partial charge in [0.05, 0.1) is 12.3 Å². The number of carbonyl (C=O) groups excluding carboxylic acids is 1. The van der Waals surface area contributed by atoms with Gasteiger partial charge in [0.15, 0.2) is 23.1 Å². The van der Waals surface area contributed by atoms with Gasteiger partial charge in [-0.05, 0) is 45.0 Å². The monoisotopic (exact) mass is 481 g/mol. The van der Waals surface area contributed by atoms with Gasteiger partial charge < -0.3 is 9.64 Å². The summed E-state index contributed by atoms with van der Waals surface area (Å²) in [6.45, 7) is 3.95. The summed E-state index contributed by atoms with van der Waals surface area (Å²) < 4.78 is 77.2. The molecule has 3 aromatic rings. The molecule has 0 bridgehead atoms. The molecule has 0 aliphatic carbocycles. The summed E-state index contributed by atoms with van der Waals surface area (Å²) in [5.41, 5.74) is -1.53. The van der Waals surface area contributed by atoms with Crippen LogP contribution in [0.5, 0.6) is 0 Å². The van der Waals surface area contributed by atoms with Crippen LogP contribution in [-0.2, 0) is 4.74 Å². The second kappa shape index (κ2) is 8.33. The van der Waals surface area contributed by atoms with Gasteiger partial charge in [-0.25, -0.2) is 27.5 Å². The average Bonchev–Trinajstić information content (AvgIpc) is 3.15. The highest BCUT2D eigenvalue weighted by Gasteiger charge is 2.44. The van der Waals surface area contributed by atoms with Crippen LogP contribution >= 0.6 is 0 Å². The van der Waals surface area contributed by atoms with Crippen molar-refractivity contribution in [2.45, 2.75) is 38.7 Å². The van der Waals surface area contributed by atoms with Gasteiger partial charge in [-0.1, -0.05) is 0 Å². The number of carbonyl (C=O) groups is 1. The standard InChI is InChI=1S/C22H20F5N5O2/c1-21(2,3)34-20(33)31-10-8-15(22(26,27)11-31)28-19-29-18-13(5-4-9-32(18)30-19)12-6-7-14(23)17(25)16(12)24/h4-7,9H,8,10-11H2,1-3H3/b28-15+. The minimum atomic E-state index is -3.46. The maximum absolute atomic E-state index is 14.8. The highest BCUT2D eigenvalue weighted by molar-refractivity contribution is 5.94. The molecule has 4 rings (SSSR count). The summed E-state index contributed by atoms with van der Waals surface area (Å²) in [6.07, 6.45) is 0.332. The van der Waals surface area contributed by atoms with Crippen LogP contribution in [-0.4, -0.2) is 55.9 Å². The average molecular weight is 481 g/mol. The van der Waals surface area contributed by atoms with Gasteiger partial charge in [-0.2, -0.15) is 13.8 Å². The molecular weight excluding hydrogens is 461 g/mol. The topological polar surface area (TPSA) is 72.1 Å².